The van der Waals surface area contributed by atoms with Gasteiger partial charge in [-0.2, -0.15) is 0 Å². The van der Waals surface area contributed by atoms with Crippen LogP contribution in [0.5, 0.6) is 0 Å². The number of fused-ring (bicyclic) bond motifs is 2. The molecule has 1 N–H and O–H groups in total. The van der Waals surface area contributed by atoms with E-state index >= 15 is 0 Å². The summed E-state index contributed by atoms with van der Waals surface area (Å²) in [6.45, 7) is 4.01. The third-order valence-electron chi connectivity index (χ3n) is 5.32. The normalized spacial score (nSPS) is 30.8. The second kappa shape index (κ2) is 4.90. The second-order valence-electron chi connectivity index (χ2n) is 6.58. The molecule has 104 valence electrons. The molecule has 0 amide bonds. The fourth-order valence-corrected chi connectivity index (χ4v) is 4.60. The van der Waals surface area contributed by atoms with Gasteiger partial charge in [-0.1, -0.05) is 12.5 Å². The fraction of sp³-hybridized carbons (Fsp3) is 0.647. The Hall–Kier alpha value is -0.890. The quantitative estimate of drug-likeness (QED) is 0.862. The monoisotopic (exact) mass is 261 g/mol. The molecule has 1 aromatic rings. The van der Waals surface area contributed by atoms with Gasteiger partial charge in [-0.25, -0.2) is 4.39 Å². The molecule has 4 atom stereocenters. The van der Waals surface area contributed by atoms with Crippen molar-refractivity contribution in [1.29, 1.82) is 0 Å². The number of hydrogen-bond acceptors (Lipinski definition) is 1. The Morgan fingerprint density at radius 2 is 2.00 bits per heavy atom. The minimum Gasteiger partial charge on any atom is -0.313 e. The van der Waals surface area contributed by atoms with Crippen LogP contribution in [0.4, 0.5) is 4.39 Å². The average Bonchev–Trinajstić information content (AvgIpc) is 2.95. The first-order valence-corrected chi connectivity index (χ1v) is 7.54. The Morgan fingerprint density at radius 3 is 2.53 bits per heavy atom. The lowest BCUT2D eigenvalue weighted by molar-refractivity contribution is 0.254. The Labute approximate surface area is 115 Å². The van der Waals surface area contributed by atoms with E-state index in [4.69, 9.17) is 0 Å². The van der Waals surface area contributed by atoms with Crippen LogP contribution in [0.15, 0.2) is 12.1 Å². The van der Waals surface area contributed by atoms with Crippen molar-refractivity contribution < 1.29 is 4.39 Å². The van der Waals surface area contributed by atoms with Gasteiger partial charge < -0.3 is 5.32 Å². The van der Waals surface area contributed by atoms with E-state index in [-0.39, 0.29) is 11.9 Å². The maximum absolute atomic E-state index is 14.4. The molecule has 2 saturated carbocycles. The van der Waals surface area contributed by atoms with Gasteiger partial charge >= 0.3 is 0 Å². The van der Waals surface area contributed by atoms with E-state index in [9.17, 15) is 4.39 Å². The lowest BCUT2D eigenvalue weighted by Crippen LogP contribution is -2.30. The number of halogens is 1. The predicted octanol–water partition coefficient (Wildman–Crippen LogP) is 4.14. The van der Waals surface area contributed by atoms with Crippen molar-refractivity contribution in [1.82, 2.24) is 5.32 Å². The Kier molecular flexibility index (Phi) is 3.38. The smallest absolute Gasteiger partial charge is 0.128 e. The van der Waals surface area contributed by atoms with E-state index in [2.05, 4.69) is 11.4 Å². The number of nitrogens with one attached hydrogen (secondary N) is 1. The molecule has 2 bridgehead atoms. The van der Waals surface area contributed by atoms with Crippen LogP contribution in [-0.4, -0.2) is 7.05 Å². The van der Waals surface area contributed by atoms with Gasteiger partial charge in [0.05, 0.1) is 0 Å². The van der Waals surface area contributed by atoms with Crippen LogP contribution < -0.4 is 5.32 Å². The molecule has 3 rings (SSSR count). The van der Waals surface area contributed by atoms with Crippen molar-refractivity contribution in [3.63, 3.8) is 0 Å². The molecular weight excluding hydrogens is 237 g/mol. The molecule has 1 aromatic carbocycles. The van der Waals surface area contributed by atoms with Gasteiger partial charge in [-0.3, -0.25) is 0 Å². The van der Waals surface area contributed by atoms with E-state index in [0.29, 0.717) is 5.92 Å². The van der Waals surface area contributed by atoms with Crippen LogP contribution in [-0.2, 0) is 0 Å². The van der Waals surface area contributed by atoms with Crippen molar-refractivity contribution in [3.8, 4) is 0 Å². The van der Waals surface area contributed by atoms with Crippen molar-refractivity contribution in [2.75, 3.05) is 7.05 Å². The van der Waals surface area contributed by atoms with Gasteiger partial charge in [-0.05, 0) is 75.1 Å². The zero-order valence-electron chi connectivity index (χ0n) is 12.2. The molecule has 0 aliphatic heterocycles. The summed E-state index contributed by atoms with van der Waals surface area (Å²) in [6, 6.07) is 3.98. The first-order chi connectivity index (χ1) is 9.10. The van der Waals surface area contributed by atoms with Gasteiger partial charge in [0.2, 0.25) is 0 Å². The van der Waals surface area contributed by atoms with E-state index in [1.165, 1.54) is 25.7 Å². The summed E-state index contributed by atoms with van der Waals surface area (Å²) < 4.78 is 14.4. The zero-order chi connectivity index (χ0) is 13.6. The minimum atomic E-state index is -0.0281. The first-order valence-electron chi connectivity index (χ1n) is 7.54. The Bertz CT molecular complexity index is 459. The first kappa shape index (κ1) is 13.1. The molecular formula is C17H24FN. The lowest BCUT2D eigenvalue weighted by Gasteiger charge is -2.32. The molecule has 2 heteroatoms. The summed E-state index contributed by atoms with van der Waals surface area (Å²) >= 11 is 0. The highest BCUT2D eigenvalue weighted by molar-refractivity contribution is 5.35. The van der Waals surface area contributed by atoms with Crippen LogP contribution >= 0.6 is 0 Å². The maximum Gasteiger partial charge on any atom is 0.128 e. The highest BCUT2D eigenvalue weighted by atomic mass is 19.1. The molecule has 2 aliphatic carbocycles. The largest absolute Gasteiger partial charge is 0.313 e. The summed E-state index contributed by atoms with van der Waals surface area (Å²) in [4.78, 5) is 0. The van der Waals surface area contributed by atoms with Crippen molar-refractivity contribution in [2.45, 2.75) is 45.6 Å². The lowest BCUT2D eigenvalue weighted by atomic mass is 9.79. The summed E-state index contributed by atoms with van der Waals surface area (Å²) in [5.74, 6) is 2.31. The summed E-state index contributed by atoms with van der Waals surface area (Å²) in [7, 11) is 1.98. The number of aryl methyl sites for hydroxylation is 2. The van der Waals surface area contributed by atoms with Crippen LogP contribution in [0, 0.1) is 37.4 Å². The molecule has 0 spiro atoms. The molecule has 19 heavy (non-hydrogen) atoms. The third-order valence-corrected chi connectivity index (χ3v) is 5.32. The molecule has 2 fully saturated rings. The van der Waals surface area contributed by atoms with E-state index in [1.54, 1.807) is 6.07 Å². The van der Waals surface area contributed by atoms with Crippen LogP contribution in [0.2, 0.25) is 0 Å². The second-order valence-corrected chi connectivity index (χ2v) is 6.58. The van der Waals surface area contributed by atoms with Gasteiger partial charge in [0.1, 0.15) is 5.82 Å². The third kappa shape index (κ3) is 2.20. The van der Waals surface area contributed by atoms with E-state index in [1.807, 2.05) is 20.9 Å². The summed E-state index contributed by atoms with van der Waals surface area (Å²) in [5, 5.41) is 3.41. The van der Waals surface area contributed by atoms with Crippen LogP contribution in [0.3, 0.4) is 0 Å². The van der Waals surface area contributed by atoms with Crippen LogP contribution in [0.25, 0.3) is 0 Å². The number of benzene rings is 1. The van der Waals surface area contributed by atoms with Crippen molar-refractivity contribution >= 4 is 0 Å². The maximum atomic E-state index is 14.4. The van der Waals surface area contributed by atoms with Crippen LogP contribution in [0.1, 0.15) is 48.4 Å². The number of hydrogen-bond donors (Lipinski definition) is 1. The molecule has 0 heterocycles. The van der Waals surface area contributed by atoms with Crippen molar-refractivity contribution in [3.05, 3.63) is 34.6 Å². The summed E-state index contributed by atoms with van der Waals surface area (Å²) in [5.41, 5.74) is 3.02. The highest BCUT2D eigenvalue weighted by Gasteiger charge is 2.43. The average molecular weight is 261 g/mol. The minimum absolute atomic E-state index is 0.0281. The highest BCUT2D eigenvalue weighted by Crippen LogP contribution is 2.53. The molecule has 0 radical (unpaired) electrons. The predicted molar refractivity (Wildman–Crippen MR) is 76.6 cm³/mol. The summed E-state index contributed by atoms with van der Waals surface area (Å²) in [6.07, 6.45) is 5.39. The topological polar surface area (TPSA) is 12.0 Å². The Morgan fingerprint density at radius 1 is 1.21 bits per heavy atom. The molecule has 1 nitrogen and oxygen atoms in total. The van der Waals surface area contributed by atoms with Gasteiger partial charge in [-0.15, -0.1) is 0 Å². The molecule has 2 aliphatic rings. The standard InChI is InChI=1S/C17H24FN/c1-10-6-11(2)16(15(18)7-10)17(19-3)14-9-12-4-5-13(14)8-12/h6-7,12-14,17,19H,4-5,8-9H2,1-3H3. The van der Waals surface area contributed by atoms with Gasteiger partial charge in [0.15, 0.2) is 0 Å². The van der Waals surface area contributed by atoms with Crippen molar-refractivity contribution in [2.24, 2.45) is 17.8 Å². The van der Waals surface area contributed by atoms with E-state index < -0.39 is 0 Å². The number of rotatable bonds is 3. The fourth-order valence-electron chi connectivity index (χ4n) is 4.60. The Balaban J connectivity index is 1.95. The zero-order valence-corrected chi connectivity index (χ0v) is 12.2. The van der Waals surface area contributed by atoms with Gasteiger partial charge in [0, 0.05) is 11.6 Å². The SMILES string of the molecule is CNC(c1c(C)cc(C)cc1F)C1CC2CCC1C2. The molecule has 0 saturated heterocycles. The molecule has 4 unspecified atom stereocenters. The molecule has 0 aromatic heterocycles. The van der Waals surface area contributed by atoms with E-state index in [0.717, 1.165) is 28.5 Å². The van der Waals surface area contributed by atoms with Gasteiger partial charge in [0.25, 0.3) is 0 Å².